The number of benzene rings is 1. The molecule has 1 aliphatic rings. The van der Waals surface area contributed by atoms with Crippen LogP contribution in [0.2, 0.25) is 10.0 Å². The number of halogens is 2. The van der Waals surface area contributed by atoms with E-state index in [0.29, 0.717) is 16.5 Å². The van der Waals surface area contributed by atoms with Crippen LogP contribution in [-0.2, 0) is 4.79 Å². The standard InChI is InChI=1S/C14H15Cl2NO/c15-11-6-4-7-12(14(11)16)17-9-10-5-2-1-3-8-13(10)18/h4,6-7,9,17H,1-3,5,8H2. The molecule has 18 heavy (non-hydrogen) atoms. The molecule has 0 heterocycles. The van der Waals surface area contributed by atoms with Crippen molar-refractivity contribution in [2.45, 2.75) is 32.1 Å². The minimum Gasteiger partial charge on any atom is -0.360 e. The van der Waals surface area contributed by atoms with Gasteiger partial charge in [0.15, 0.2) is 5.78 Å². The quantitative estimate of drug-likeness (QED) is 0.623. The molecule has 0 radical (unpaired) electrons. The van der Waals surface area contributed by atoms with Gasteiger partial charge in [-0.3, -0.25) is 4.79 Å². The predicted octanol–water partition coefficient (Wildman–Crippen LogP) is 4.82. The molecule has 0 aromatic heterocycles. The third-order valence-electron chi connectivity index (χ3n) is 3.06. The lowest BCUT2D eigenvalue weighted by Gasteiger charge is -2.07. The molecule has 0 amide bonds. The number of allylic oxidation sites excluding steroid dienone is 1. The Morgan fingerprint density at radius 2 is 1.89 bits per heavy atom. The molecule has 2 nitrogen and oxygen atoms in total. The lowest BCUT2D eigenvalue weighted by molar-refractivity contribution is -0.115. The van der Waals surface area contributed by atoms with Crippen LogP contribution in [0.3, 0.4) is 0 Å². The number of carbonyl (C=O) groups is 1. The molecule has 1 aromatic rings. The molecule has 0 bridgehead atoms. The molecule has 0 unspecified atom stereocenters. The van der Waals surface area contributed by atoms with E-state index >= 15 is 0 Å². The first-order valence-corrected chi connectivity index (χ1v) is 6.87. The summed E-state index contributed by atoms with van der Waals surface area (Å²) in [6.07, 6.45) is 6.45. The van der Waals surface area contributed by atoms with Crippen LogP contribution < -0.4 is 5.32 Å². The molecule has 1 fully saturated rings. The van der Waals surface area contributed by atoms with Gasteiger partial charge >= 0.3 is 0 Å². The van der Waals surface area contributed by atoms with Crippen molar-refractivity contribution < 1.29 is 4.79 Å². The second kappa shape index (κ2) is 6.26. The van der Waals surface area contributed by atoms with E-state index in [1.54, 1.807) is 12.3 Å². The monoisotopic (exact) mass is 283 g/mol. The lowest BCUT2D eigenvalue weighted by Crippen LogP contribution is -2.02. The zero-order valence-electron chi connectivity index (χ0n) is 10.0. The summed E-state index contributed by atoms with van der Waals surface area (Å²) < 4.78 is 0. The summed E-state index contributed by atoms with van der Waals surface area (Å²) in [4.78, 5) is 11.8. The van der Waals surface area contributed by atoms with Crippen molar-refractivity contribution in [3.63, 3.8) is 0 Å². The second-order valence-corrected chi connectivity index (χ2v) is 5.18. The Balaban J connectivity index is 2.13. The van der Waals surface area contributed by atoms with Gasteiger partial charge in [0.2, 0.25) is 0 Å². The SMILES string of the molecule is O=C1CCCCCC1=CNc1cccc(Cl)c1Cl. The number of nitrogens with one attached hydrogen (secondary N) is 1. The number of hydrogen-bond donors (Lipinski definition) is 1. The highest BCUT2D eigenvalue weighted by molar-refractivity contribution is 6.43. The van der Waals surface area contributed by atoms with E-state index in [0.717, 1.165) is 36.9 Å². The van der Waals surface area contributed by atoms with Crippen LogP contribution in [0.1, 0.15) is 32.1 Å². The summed E-state index contributed by atoms with van der Waals surface area (Å²) in [5.41, 5.74) is 1.58. The van der Waals surface area contributed by atoms with Crippen LogP contribution in [0.15, 0.2) is 30.0 Å². The van der Waals surface area contributed by atoms with Gasteiger partial charge in [0, 0.05) is 18.2 Å². The van der Waals surface area contributed by atoms with E-state index < -0.39 is 0 Å². The van der Waals surface area contributed by atoms with Crippen LogP contribution in [0.25, 0.3) is 0 Å². The predicted molar refractivity (Wildman–Crippen MR) is 76.3 cm³/mol. The summed E-state index contributed by atoms with van der Waals surface area (Å²) >= 11 is 12.0. The third-order valence-corrected chi connectivity index (χ3v) is 3.88. The van der Waals surface area contributed by atoms with Gasteiger partial charge in [0.1, 0.15) is 0 Å². The fourth-order valence-corrected chi connectivity index (χ4v) is 2.37. The molecule has 0 aliphatic heterocycles. The van der Waals surface area contributed by atoms with Crippen LogP contribution >= 0.6 is 23.2 Å². The molecule has 4 heteroatoms. The largest absolute Gasteiger partial charge is 0.360 e. The molecule has 0 spiro atoms. The molecule has 96 valence electrons. The van der Waals surface area contributed by atoms with Gasteiger partial charge in [-0.15, -0.1) is 0 Å². The van der Waals surface area contributed by atoms with Crippen molar-refractivity contribution in [3.8, 4) is 0 Å². The van der Waals surface area contributed by atoms with E-state index in [2.05, 4.69) is 5.32 Å². The number of anilines is 1. The van der Waals surface area contributed by atoms with Gasteiger partial charge < -0.3 is 5.32 Å². The van der Waals surface area contributed by atoms with Crippen molar-refractivity contribution >= 4 is 34.7 Å². The summed E-state index contributed by atoms with van der Waals surface area (Å²) in [7, 11) is 0. The first-order valence-electron chi connectivity index (χ1n) is 6.11. The molecule has 2 rings (SSSR count). The topological polar surface area (TPSA) is 29.1 Å². The van der Waals surface area contributed by atoms with Crippen molar-refractivity contribution in [1.82, 2.24) is 0 Å². The smallest absolute Gasteiger partial charge is 0.160 e. The van der Waals surface area contributed by atoms with Gasteiger partial charge in [-0.25, -0.2) is 0 Å². The molecule has 0 saturated heterocycles. The van der Waals surface area contributed by atoms with E-state index in [1.807, 2.05) is 12.1 Å². The lowest BCUT2D eigenvalue weighted by atomic mass is 10.1. The number of ketones is 1. The van der Waals surface area contributed by atoms with Crippen LogP contribution in [0.4, 0.5) is 5.69 Å². The molecule has 1 saturated carbocycles. The number of hydrogen-bond acceptors (Lipinski definition) is 2. The molecule has 0 atom stereocenters. The molecule has 1 aromatic carbocycles. The van der Waals surface area contributed by atoms with Crippen LogP contribution in [-0.4, -0.2) is 5.78 Å². The highest BCUT2D eigenvalue weighted by atomic mass is 35.5. The average molecular weight is 284 g/mol. The van der Waals surface area contributed by atoms with E-state index in [4.69, 9.17) is 23.2 Å². The van der Waals surface area contributed by atoms with Gasteiger partial charge in [0.25, 0.3) is 0 Å². The maximum Gasteiger partial charge on any atom is 0.160 e. The Kier molecular flexibility index (Phi) is 4.67. The minimum atomic E-state index is 0.234. The first kappa shape index (κ1) is 13.4. The van der Waals surface area contributed by atoms with Gasteiger partial charge in [-0.05, 0) is 31.4 Å². The van der Waals surface area contributed by atoms with Crippen molar-refractivity contribution in [2.24, 2.45) is 0 Å². The van der Waals surface area contributed by atoms with Crippen LogP contribution in [0.5, 0.6) is 0 Å². The van der Waals surface area contributed by atoms with Crippen molar-refractivity contribution in [1.29, 1.82) is 0 Å². The zero-order chi connectivity index (χ0) is 13.0. The Bertz CT molecular complexity index is 483. The zero-order valence-corrected chi connectivity index (χ0v) is 11.5. The second-order valence-electron chi connectivity index (χ2n) is 4.40. The molecule has 1 aliphatic carbocycles. The Morgan fingerprint density at radius 3 is 2.72 bits per heavy atom. The molecule has 1 N–H and O–H groups in total. The summed E-state index contributed by atoms with van der Waals surface area (Å²) in [5.74, 6) is 0.234. The highest BCUT2D eigenvalue weighted by Gasteiger charge is 2.13. The Morgan fingerprint density at radius 1 is 1.11 bits per heavy atom. The maximum atomic E-state index is 11.8. The van der Waals surface area contributed by atoms with Gasteiger partial charge in [-0.2, -0.15) is 0 Å². The fourth-order valence-electron chi connectivity index (χ4n) is 2.01. The van der Waals surface area contributed by atoms with Gasteiger partial charge in [-0.1, -0.05) is 35.7 Å². The van der Waals surface area contributed by atoms with E-state index in [1.165, 1.54) is 0 Å². The van der Waals surface area contributed by atoms with Gasteiger partial charge in [0.05, 0.1) is 15.7 Å². The average Bonchev–Trinajstić information content (AvgIpc) is 2.56. The summed E-state index contributed by atoms with van der Waals surface area (Å²) in [6.45, 7) is 0. The number of Topliss-reactive ketones (excluding diaryl/α,β-unsaturated/α-hetero) is 1. The maximum absolute atomic E-state index is 11.8. The normalized spacial score (nSPS) is 18.8. The highest BCUT2D eigenvalue weighted by Crippen LogP contribution is 2.30. The van der Waals surface area contributed by atoms with Crippen LogP contribution in [0, 0.1) is 0 Å². The minimum absolute atomic E-state index is 0.234. The summed E-state index contributed by atoms with van der Waals surface area (Å²) in [5, 5.41) is 4.07. The Labute approximate surface area is 117 Å². The van der Waals surface area contributed by atoms with Crippen molar-refractivity contribution in [2.75, 3.05) is 5.32 Å². The van der Waals surface area contributed by atoms with E-state index in [-0.39, 0.29) is 5.78 Å². The van der Waals surface area contributed by atoms with Crippen molar-refractivity contribution in [3.05, 3.63) is 40.0 Å². The first-order chi connectivity index (χ1) is 8.68. The number of carbonyl (C=O) groups excluding carboxylic acids is 1. The molecular formula is C14H15Cl2NO. The Hall–Kier alpha value is -0.990. The van der Waals surface area contributed by atoms with E-state index in [9.17, 15) is 4.79 Å². The summed E-state index contributed by atoms with van der Waals surface area (Å²) in [6, 6.07) is 5.40. The fraction of sp³-hybridized carbons (Fsp3) is 0.357. The third kappa shape index (κ3) is 3.27. The molecular weight excluding hydrogens is 269 g/mol. The number of rotatable bonds is 2.